The number of hydrogen-bond acceptors (Lipinski definition) is 4. The van der Waals surface area contributed by atoms with E-state index in [1.54, 1.807) is 49.4 Å². The third kappa shape index (κ3) is 5.41. The van der Waals surface area contributed by atoms with E-state index < -0.39 is 38.0 Å². The Morgan fingerprint density at radius 1 is 1.18 bits per heavy atom. The van der Waals surface area contributed by atoms with Crippen molar-refractivity contribution in [2.24, 2.45) is 0 Å². The molecule has 0 radical (unpaired) electrons. The van der Waals surface area contributed by atoms with E-state index >= 15 is 0 Å². The van der Waals surface area contributed by atoms with Crippen LogP contribution in [0, 0.1) is 5.82 Å². The summed E-state index contributed by atoms with van der Waals surface area (Å²) in [5.74, 6) is -1.24. The van der Waals surface area contributed by atoms with Crippen molar-refractivity contribution in [3.05, 3.63) is 71.0 Å². The number of amides is 2. The minimum Gasteiger partial charge on any atom is -0.465 e. The highest BCUT2D eigenvalue weighted by atomic mass is 28.3. The van der Waals surface area contributed by atoms with Crippen LogP contribution in [0.1, 0.15) is 34.5 Å². The van der Waals surface area contributed by atoms with Crippen molar-refractivity contribution in [2.75, 3.05) is 13.3 Å². The molecule has 9 heteroatoms. The van der Waals surface area contributed by atoms with E-state index in [-0.39, 0.29) is 12.5 Å². The van der Waals surface area contributed by atoms with E-state index in [0.29, 0.717) is 23.3 Å². The molecule has 1 heterocycles. The van der Waals surface area contributed by atoms with E-state index in [1.807, 2.05) is 0 Å². The van der Waals surface area contributed by atoms with Crippen LogP contribution in [0.3, 0.4) is 0 Å². The average Bonchev–Trinajstić information content (AvgIpc) is 3.12. The lowest BCUT2D eigenvalue weighted by molar-refractivity contribution is -0.138. The second kappa shape index (κ2) is 9.74. The van der Waals surface area contributed by atoms with Gasteiger partial charge >= 0.3 is 12.1 Å². The van der Waals surface area contributed by atoms with E-state index in [2.05, 4.69) is 13.1 Å². The first-order valence-electron chi connectivity index (χ1n) is 10.8. The maximum absolute atomic E-state index is 14.6. The topological polar surface area (TPSA) is 87.2 Å². The molecular weight excluding hydrogens is 443 g/mol. The van der Waals surface area contributed by atoms with Crippen molar-refractivity contribution in [3.63, 3.8) is 0 Å². The molecule has 176 valence electrons. The lowest BCUT2D eigenvalue weighted by Gasteiger charge is -2.34. The summed E-state index contributed by atoms with van der Waals surface area (Å²) in [7, 11) is -0.608. The molecule has 1 aliphatic rings. The zero-order chi connectivity index (χ0) is 24.3. The van der Waals surface area contributed by atoms with Crippen molar-refractivity contribution in [2.45, 2.75) is 44.7 Å². The van der Waals surface area contributed by atoms with Crippen LogP contribution >= 0.6 is 0 Å². The average molecular weight is 473 g/mol. The van der Waals surface area contributed by atoms with E-state index in [1.165, 1.54) is 23.0 Å². The summed E-state index contributed by atoms with van der Waals surface area (Å²) >= 11 is 0. The third-order valence-electron chi connectivity index (χ3n) is 6.09. The second-order valence-electron chi connectivity index (χ2n) is 9.15. The summed E-state index contributed by atoms with van der Waals surface area (Å²) in [5.41, 5.74) is 1.46. The highest BCUT2D eigenvalue weighted by Crippen LogP contribution is 2.32. The number of carbonyl (C=O) groups excluding carboxylic acids is 2. The summed E-state index contributed by atoms with van der Waals surface area (Å²) in [6.07, 6.45) is -0.735. The van der Waals surface area contributed by atoms with Crippen LogP contribution in [-0.4, -0.2) is 60.3 Å². The van der Waals surface area contributed by atoms with Crippen LogP contribution in [0.2, 0.25) is 19.1 Å². The van der Waals surface area contributed by atoms with Crippen LogP contribution in [0.15, 0.2) is 48.5 Å². The van der Waals surface area contributed by atoms with E-state index in [0.717, 1.165) is 5.56 Å². The van der Waals surface area contributed by atoms with Crippen LogP contribution in [0.4, 0.5) is 9.18 Å². The minimum atomic E-state index is -1.91. The number of carboxylic acid groups (broad SMARTS) is 1. The quantitative estimate of drug-likeness (QED) is 0.500. The van der Waals surface area contributed by atoms with E-state index in [9.17, 15) is 23.9 Å². The summed E-state index contributed by atoms with van der Waals surface area (Å²) in [4.78, 5) is 40.1. The first kappa shape index (κ1) is 24.4. The van der Waals surface area contributed by atoms with Crippen molar-refractivity contribution in [3.8, 4) is 0 Å². The molecule has 0 aromatic heterocycles. The van der Waals surface area contributed by atoms with Crippen molar-refractivity contribution in [1.29, 1.82) is 0 Å². The number of ether oxygens (including phenoxy) is 1. The number of methoxy groups -OCH3 is 1. The van der Waals surface area contributed by atoms with Gasteiger partial charge in [0, 0.05) is 18.3 Å². The first-order chi connectivity index (χ1) is 15.5. The summed E-state index contributed by atoms with van der Waals surface area (Å²) in [6, 6.07) is 12.0. The summed E-state index contributed by atoms with van der Waals surface area (Å²) in [6.45, 7) is 6.00. The Balaban J connectivity index is 1.96. The predicted octanol–water partition coefficient (Wildman–Crippen LogP) is 4.31. The Bertz CT molecular complexity index is 1040. The molecule has 2 aromatic carbocycles. The number of carbonyl (C=O) groups is 3. The molecule has 0 saturated carbocycles. The van der Waals surface area contributed by atoms with Gasteiger partial charge in [0.1, 0.15) is 11.9 Å². The van der Waals surface area contributed by atoms with Gasteiger partial charge in [0.25, 0.3) is 0 Å². The van der Waals surface area contributed by atoms with Gasteiger partial charge in [0.05, 0.1) is 26.8 Å². The molecule has 1 saturated heterocycles. The fourth-order valence-electron chi connectivity index (χ4n) is 4.33. The second-order valence-corrected chi connectivity index (χ2v) is 14.2. The van der Waals surface area contributed by atoms with E-state index in [4.69, 9.17) is 4.74 Å². The zero-order valence-electron chi connectivity index (χ0n) is 19.2. The Morgan fingerprint density at radius 2 is 1.82 bits per heavy atom. The highest BCUT2D eigenvalue weighted by Gasteiger charge is 2.47. The van der Waals surface area contributed by atoms with Gasteiger partial charge in [-0.05, 0) is 36.7 Å². The number of benzene rings is 2. The van der Waals surface area contributed by atoms with Gasteiger partial charge in [0.15, 0.2) is 0 Å². The number of esters is 1. The first-order valence-corrected chi connectivity index (χ1v) is 14.2. The molecule has 1 N–H and O–H groups in total. The maximum Gasteiger partial charge on any atom is 0.407 e. The van der Waals surface area contributed by atoms with Crippen LogP contribution < -0.4 is 0 Å². The van der Waals surface area contributed by atoms with Crippen molar-refractivity contribution < 1.29 is 28.6 Å². The summed E-state index contributed by atoms with van der Waals surface area (Å²) < 4.78 is 19.3. The lowest BCUT2D eigenvalue weighted by atomic mass is 10.0. The van der Waals surface area contributed by atoms with Gasteiger partial charge in [-0.1, -0.05) is 43.4 Å². The normalized spacial score (nSPS) is 18.0. The molecule has 33 heavy (non-hydrogen) atoms. The number of halogens is 1. The fraction of sp³-hybridized carbons (Fsp3) is 0.375. The zero-order valence-corrected chi connectivity index (χ0v) is 20.2. The lowest BCUT2D eigenvalue weighted by Crippen LogP contribution is -2.47. The summed E-state index contributed by atoms with van der Waals surface area (Å²) in [5, 5.41) is 9.72. The fourth-order valence-corrected chi connectivity index (χ4v) is 7.18. The monoisotopic (exact) mass is 472 g/mol. The molecule has 0 aliphatic carbocycles. The Labute approximate surface area is 193 Å². The van der Waals surface area contributed by atoms with Crippen LogP contribution in [0.5, 0.6) is 0 Å². The molecular formula is C24H29FN2O5Si. The molecule has 0 bridgehead atoms. The van der Waals surface area contributed by atoms with Crippen molar-refractivity contribution in [1.82, 2.24) is 9.80 Å². The molecule has 1 fully saturated rings. The number of nitrogens with zero attached hydrogens (tertiary/aromatic N) is 2. The molecule has 3 rings (SSSR count). The van der Waals surface area contributed by atoms with Crippen LogP contribution in [0.25, 0.3) is 0 Å². The Hall–Kier alpha value is -3.20. The molecule has 1 aliphatic heterocycles. The van der Waals surface area contributed by atoms with Crippen molar-refractivity contribution >= 4 is 26.0 Å². The molecule has 0 spiro atoms. The largest absolute Gasteiger partial charge is 0.465 e. The number of rotatable bonds is 6. The van der Waals surface area contributed by atoms with Gasteiger partial charge in [0.2, 0.25) is 5.91 Å². The third-order valence-corrected chi connectivity index (χ3v) is 8.77. The molecule has 2 amide bonds. The molecule has 2 atom stereocenters. The van der Waals surface area contributed by atoms with Crippen LogP contribution in [-0.2, 0) is 16.1 Å². The highest BCUT2D eigenvalue weighted by molar-refractivity contribution is 6.79. The minimum absolute atomic E-state index is 0.141. The molecule has 2 aromatic rings. The standard InChI is InChI=1S/C24H29FN2O5Si/c1-16(19-7-5-6-8-20(19)25)26(13-17-9-11-18(12-10-17)23(29)32-2)22(28)21-14-33(3,4)15-27(21)24(30)31/h5-12,16,21H,13-15H2,1-4H3,(H,30,31)/t16-,21?/m1/s1. The Kier molecular flexibility index (Phi) is 7.21. The smallest absolute Gasteiger partial charge is 0.407 e. The van der Waals surface area contributed by atoms with Gasteiger partial charge in [-0.15, -0.1) is 0 Å². The predicted molar refractivity (Wildman–Crippen MR) is 124 cm³/mol. The molecule has 7 nitrogen and oxygen atoms in total. The van der Waals surface area contributed by atoms with Gasteiger partial charge < -0.3 is 14.7 Å². The molecule has 1 unspecified atom stereocenters. The van der Waals surface area contributed by atoms with Gasteiger partial charge in [-0.3, -0.25) is 9.69 Å². The van der Waals surface area contributed by atoms with Gasteiger partial charge in [-0.2, -0.15) is 0 Å². The Morgan fingerprint density at radius 3 is 2.39 bits per heavy atom. The maximum atomic E-state index is 14.6. The number of hydrogen-bond donors (Lipinski definition) is 1. The SMILES string of the molecule is COC(=O)c1ccc(CN(C(=O)C2C[Si](C)(C)CN2C(=O)O)[C@H](C)c2ccccc2F)cc1. The van der Waals surface area contributed by atoms with Gasteiger partial charge in [-0.25, -0.2) is 14.0 Å².